The van der Waals surface area contributed by atoms with E-state index in [1.165, 1.54) is 6.08 Å². The third-order valence-corrected chi connectivity index (χ3v) is 3.44. The number of hydrogen-bond acceptors (Lipinski definition) is 3. The molecule has 0 atom stereocenters. The lowest BCUT2D eigenvalue weighted by Gasteiger charge is -2.12. The van der Waals surface area contributed by atoms with Crippen molar-refractivity contribution in [3.8, 4) is 6.07 Å². The van der Waals surface area contributed by atoms with E-state index in [0.717, 1.165) is 11.3 Å². The number of anilines is 2. The first-order valence-corrected chi connectivity index (χ1v) is 7.33. The molecular weight excluding hydrogens is 310 g/mol. The van der Waals surface area contributed by atoms with E-state index in [9.17, 15) is 10.1 Å². The molecule has 2 rings (SSSR count). The van der Waals surface area contributed by atoms with E-state index in [1.54, 1.807) is 36.4 Å². The highest BCUT2D eigenvalue weighted by Crippen LogP contribution is 2.17. The quantitative estimate of drug-likeness (QED) is 0.684. The Balaban J connectivity index is 2.14. The number of nitriles is 1. The SMILES string of the molecule is CN(C)c1ccc(NC(=O)/C(C#N)=C\c2ccc(Cl)cc2)cc1. The van der Waals surface area contributed by atoms with Gasteiger partial charge in [-0.05, 0) is 48.0 Å². The molecule has 0 aliphatic rings. The normalized spacial score (nSPS) is 10.8. The van der Waals surface area contributed by atoms with Crippen LogP contribution in [-0.4, -0.2) is 20.0 Å². The molecule has 0 saturated heterocycles. The van der Waals surface area contributed by atoms with Gasteiger partial charge >= 0.3 is 0 Å². The van der Waals surface area contributed by atoms with Gasteiger partial charge in [-0.2, -0.15) is 5.26 Å². The fraction of sp³-hybridized carbons (Fsp3) is 0.111. The fourth-order valence-electron chi connectivity index (χ4n) is 1.92. The van der Waals surface area contributed by atoms with Gasteiger partial charge in [0.1, 0.15) is 11.6 Å². The van der Waals surface area contributed by atoms with E-state index < -0.39 is 5.91 Å². The molecule has 0 fully saturated rings. The Kier molecular flexibility index (Phi) is 5.40. The minimum Gasteiger partial charge on any atom is -0.378 e. The standard InChI is InChI=1S/C18H16ClN3O/c1-22(2)17-9-7-16(8-10-17)21-18(23)14(12-20)11-13-3-5-15(19)6-4-13/h3-11H,1-2H3,(H,21,23)/b14-11-. The van der Waals surface area contributed by atoms with Gasteiger partial charge in [0.05, 0.1) is 0 Å². The largest absolute Gasteiger partial charge is 0.378 e. The second-order valence-corrected chi connectivity index (χ2v) is 5.55. The van der Waals surface area contributed by atoms with Crippen molar-refractivity contribution in [1.29, 1.82) is 5.26 Å². The van der Waals surface area contributed by atoms with Gasteiger partial charge < -0.3 is 10.2 Å². The average molecular weight is 326 g/mol. The summed E-state index contributed by atoms with van der Waals surface area (Å²) < 4.78 is 0. The first-order valence-electron chi connectivity index (χ1n) is 6.95. The Labute approximate surface area is 140 Å². The lowest BCUT2D eigenvalue weighted by Crippen LogP contribution is -2.14. The van der Waals surface area contributed by atoms with Crippen molar-refractivity contribution in [1.82, 2.24) is 0 Å². The van der Waals surface area contributed by atoms with Gasteiger partial charge in [0.25, 0.3) is 5.91 Å². The zero-order chi connectivity index (χ0) is 16.8. The van der Waals surface area contributed by atoms with Crippen LogP contribution in [0.15, 0.2) is 54.1 Å². The highest BCUT2D eigenvalue weighted by Gasteiger charge is 2.09. The van der Waals surface area contributed by atoms with Crippen molar-refractivity contribution >= 4 is 35.0 Å². The molecule has 0 aliphatic carbocycles. The van der Waals surface area contributed by atoms with E-state index in [2.05, 4.69) is 5.32 Å². The summed E-state index contributed by atoms with van der Waals surface area (Å²) in [5.74, 6) is -0.444. The van der Waals surface area contributed by atoms with Gasteiger partial charge in [-0.3, -0.25) is 4.79 Å². The average Bonchev–Trinajstić information content (AvgIpc) is 2.54. The third-order valence-electron chi connectivity index (χ3n) is 3.19. The molecule has 23 heavy (non-hydrogen) atoms. The van der Waals surface area contributed by atoms with Crippen LogP contribution in [0.5, 0.6) is 0 Å². The summed E-state index contributed by atoms with van der Waals surface area (Å²) in [7, 11) is 3.88. The maximum Gasteiger partial charge on any atom is 0.266 e. The fourth-order valence-corrected chi connectivity index (χ4v) is 2.04. The summed E-state index contributed by atoms with van der Waals surface area (Å²) in [5, 5.41) is 12.5. The van der Waals surface area contributed by atoms with Crippen molar-refractivity contribution in [2.45, 2.75) is 0 Å². The number of carbonyl (C=O) groups is 1. The summed E-state index contributed by atoms with van der Waals surface area (Å²) in [6, 6.07) is 16.2. The first-order chi connectivity index (χ1) is 11.0. The van der Waals surface area contributed by atoms with Crippen LogP contribution >= 0.6 is 11.6 Å². The van der Waals surface area contributed by atoms with Crippen molar-refractivity contribution in [2.75, 3.05) is 24.3 Å². The van der Waals surface area contributed by atoms with E-state index in [-0.39, 0.29) is 5.57 Å². The van der Waals surface area contributed by atoms with Gasteiger partial charge in [-0.25, -0.2) is 0 Å². The highest BCUT2D eigenvalue weighted by molar-refractivity contribution is 6.30. The second kappa shape index (κ2) is 7.48. The van der Waals surface area contributed by atoms with E-state index >= 15 is 0 Å². The lowest BCUT2D eigenvalue weighted by molar-refractivity contribution is -0.112. The Hall–Kier alpha value is -2.77. The molecule has 0 spiro atoms. The van der Waals surface area contributed by atoms with Crippen LogP contribution < -0.4 is 10.2 Å². The number of amides is 1. The van der Waals surface area contributed by atoms with Crippen LogP contribution in [0.3, 0.4) is 0 Å². The van der Waals surface area contributed by atoms with Crippen molar-refractivity contribution in [3.63, 3.8) is 0 Å². The number of carbonyl (C=O) groups excluding carboxylic acids is 1. The number of hydrogen-bond donors (Lipinski definition) is 1. The minimum atomic E-state index is -0.444. The van der Waals surface area contributed by atoms with Crippen molar-refractivity contribution in [2.24, 2.45) is 0 Å². The predicted octanol–water partition coefficient (Wildman–Crippen LogP) is 3.95. The first kappa shape index (κ1) is 16.6. The van der Waals surface area contributed by atoms with E-state index in [1.807, 2.05) is 37.2 Å². The molecule has 0 bridgehead atoms. The van der Waals surface area contributed by atoms with Gasteiger partial charge in [-0.1, -0.05) is 23.7 Å². The Morgan fingerprint density at radius 3 is 2.26 bits per heavy atom. The lowest BCUT2D eigenvalue weighted by atomic mass is 10.1. The molecule has 0 saturated carbocycles. The minimum absolute atomic E-state index is 0.0315. The van der Waals surface area contributed by atoms with Gasteiger partial charge in [0.15, 0.2) is 0 Å². The van der Waals surface area contributed by atoms with Gasteiger partial charge in [-0.15, -0.1) is 0 Å². The van der Waals surface area contributed by atoms with Crippen LogP contribution in [0.1, 0.15) is 5.56 Å². The second-order valence-electron chi connectivity index (χ2n) is 5.12. The van der Waals surface area contributed by atoms with Gasteiger partial charge in [0, 0.05) is 30.5 Å². The molecule has 0 unspecified atom stereocenters. The van der Waals surface area contributed by atoms with Crippen LogP contribution in [0.4, 0.5) is 11.4 Å². The van der Waals surface area contributed by atoms with Crippen LogP contribution in [-0.2, 0) is 4.79 Å². The molecule has 4 nitrogen and oxygen atoms in total. The number of rotatable bonds is 4. The summed E-state index contributed by atoms with van der Waals surface area (Å²) in [6.45, 7) is 0. The van der Waals surface area contributed by atoms with Crippen molar-refractivity contribution in [3.05, 3.63) is 64.7 Å². The molecule has 0 radical (unpaired) electrons. The summed E-state index contributed by atoms with van der Waals surface area (Å²) >= 11 is 5.82. The molecule has 0 heterocycles. The molecule has 0 aliphatic heterocycles. The highest BCUT2D eigenvalue weighted by atomic mass is 35.5. The number of nitrogens with zero attached hydrogens (tertiary/aromatic N) is 2. The molecule has 2 aromatic carbocycles. The summed E-state index contributed by atoms with van der Waals surface area (Å²) in [4.78, 5) is 14.2. The van der Waals surface area contributed by atoms with Crippen LogP contribution in [0, 0.1) is 11.3 Å². The number of benzene rings is 2. The monoisotopic (exact) mass is 325 g/mol. The third kappa shape index (κ3) is 4.60. The maximum atomic E-state index is 12.2. The Bertz CT molecular complexity index is 756. The Morgan fingerprint density at radius 2 is 1.74 bits per heavy atom. The molecule has 116 valence electrons. The molecule has 2 aromatic rings. The smallest absolute Gasteiger partial charge is 0.266 e. The molecule has 0 aromatic heterocycles. The van der Waals surface area contributed by atoms with Gasteiger partial charge in [0.2, 0.25) is 0 Å². The zero-order valence-corrected chi connectivity index (χ0v) is 13.6. The molecule has 5 heteroatoms. The molecule has 1 N–H and O–H groups in total. The van der Waals surface area contributed by atoms with Crippen molar-refractivity contribution < 1.29 is 4.79 Å². The maximum absolute atomic E-state index is 12.2. The summed E-state index contributed by atoms with van der Waals surface area (Å²) in [6.07, 6.45) is 1.53. The van der Waals surface area contributed by atoms with Crippen LogP contribution in [0.25, 0.3) is 6.08 Å². The molecular formula is C18H16ClN3O. The summed E-state index contributed by atoms with van der Waals surface area (Å²) in [5.41, 5.74) is 2.44. The predicted molar refractivity (Wildman–Crippen MR) is 94.4 cm³/mol. The Morgan fingerprint density at radius 1 is 1.13 bits per heavy atom. The van der Waals surface area contributed by atoms with E-state index in [4.69, 9.17) is 11.6 Å². The topological polar surface area (TPSA) is 56.1 Å². The molecule has 1 amide bonds. The van der Waals surface area contributed by atoms with Crippen LogP contribution in [0.2, 0.25) is 5.02 Å². The number of nitrogens with one attached hydrogen (secondary N) is 1. The zero-order valence-electron chi connectivity index (χ0n) is 12.9. The van der Waals surface area contributed by atoms with E-state index in [0.29, 0.717) is 10.7 Å². The number of halogens is 1.